The number of halogens is 1. The summed E-state index contributed by atoms with van der Waals surface area (Å²) >= 11 is 0. The van der Waals surface area contributed by atoms with Crippen LogP contribution in [0.5, 0.6) is 5.75 Å². The van der Waals surface area contributed by atoms with Crippen LogP contribution in [0.2, 0.25) is 0 Å². The molecule has 2 aliphatic rings. The molecule has 0 spiro atoms. The van der Waals surface area contributed by atoms with Gasteiger partial charge >= 0.3 is 0 Å². The molecule has 5 nitrogen and oxygen atoms in total. The highest BCUT2D eigenvalue weighted by atomic mass is 19.1. The maximum Gasteiger partial charge on any atom is 0.272 e. The fraction of sp³-hybridized carbons (Fsp3) is 0.524. The molecule has 4 rings (SSSR count). The lowest BCUT2D eigenvalue weighted by molar-refractivity contribution is 0.0912. The summed E-state index contributed by atoms with van der Waals surface area (Å²) in [6.45, 7) is 8.18. The topological polar surface area (TPSA) is 56.2 Å². The van der Waals surface area contributed by atoms with Crippen molar-refractivity contribution in [3.8, 4) is 11.4 Å². The van der Waals surface area contributed by atoms with Crippen LogP contribution in [0.1, 0.15) is 80.5 Å². The number of benzene rings is 1. The largest absolute Gasteiger partial charge is 0.492 e. The molecule has 2 unspecified atom stereocenters. The van der Waals surface area contributed by atoms with Crippen molar-refractivity contribution >= 4 is 5.91 Å². The predicted octanol–water partition coefficient (Wildman–Crippen LogP) is 4.30. The van der Waals surface area contributed by atoms with Crippen LogP contribution in [0, 0.1) is 5.82 Å². The van der Waals surface area contributed by atoms with Crippen LogP contribution in [-0.4, -0.2) is 27.8 Å². The lowest BCUT2D eigenvalue weighted by Gasteiger charge is -2.20. The van der Waals surface area contributed by atoms with Gasteiger partial charge in [-0.05, 0) is 65.0 Å². The molecule has 2 aliphatic carbocycles. The minimum Gasteiger partial charge on any atom is -0.492 e. The Bertz CT molecular complexity index is 898. The average molecular weight is 371 g/mol. The van der Waals surface area contributed by atoms with E-state index in [1.54, 1.807) is 6.07 Å². The highest BCUT2D eigenvalue weighted by Crippen LogP contribution is 2.55. The summed E-state index contributed by atoms with van der Waals surface area (Å²) in [4.78, 5) is 12.9. The number of nitrogens with one attached hydrogen (secondary N) is 1. The van der Waals surface area contributed by atoms with Gasteiger partial charge in [0.1, 0.15) is 17.3 Å². The molecule has 1 fully saturated rings. The van der Waals surface area contributed by atoms with Crippen LogP contribution >= 0.6 is 0 Å². The number of aromatic nitrogens is 2. The summed E-state index contributed by atoms with van der Waals surface area (Å²) < 4.78 is 21.2. The molecular weight excluding hydrogens is 345 g/mol. The lowest BCUT2D eigenvalue weighted by Crippen LogP contribution is -2.41. The number of carbonyl (C=O) groups is 1. The maximum atomic E-state index is 13.8. The van der Waals surface area contributed by atoms with E-state index in [-0.39, 0.29) is 17.3 Å². The Morgan fingerprint density at radius 1 is 1.33 bits per heavy atom. The number of amides is 1. The smallest absolute Gasteiger partial charge is 0.272 e. The van der Waals surface area contributed by atoms with Gasteiger partial charge in [0.2, 0.25) is 0 Å². The summed E-state index contributed by atoms with van der Waals surface area (Å²) in [6.07, 6.45) is 3.27. The van der Waals surface area contributed by atoms with Crippen molar-refractivity contribution in [3.05, 3.63) is 41.0 Å². The normalized spacial score (nSPS) is 20.6. The van der Waals surface area contributed by atoms with Gasteiger partial charge in [-0.15, -0.1) is 0 Å². The minimum absolute atomic E-state index is 0.148. The van der Waals surface area contributed by atoms with E-state index in [4.69, 9.17) is 9.84 Å². The van der Waals surface area contributed by atoms with Gasteiger partial charge in [0.25, 0.3) is 5.91 Å². The first-order chi connectivity index (χ1) is 12.8. The van der Waals surface area contributed by atoms with E-state index in [9.17, 15) is 9.18 Å². The van der Waals surface area contributed by atoms with Crippen LogP contribution in [-0.2, 0) is 0 Å². The third-order valence-electron chi connectivity index (χ3n) is 5.34. The van der Waals surface area contributed by atoms with Crippen molar-refractivity contribution in [1.29, 1.82) is 0 Å². The van der Waals surface area contributed by atoms with Gasteiger partial charge in [-0.1, -0.05) is 0 Å². The lowest BCUT2D eigenvalue weighted by atomic mass is 9.94. The first-order valence-corrected chi connectivity index (χ1v) is 9.66. The second kappa shape index (κ2) is 6.36. The number of fused-ring (bicyclic) bond motifs is 5. The van der Waals surface area contributed by atoms with E-state index in [1.807, 2.05) is 32.4 Å². The van der Waals surface area contributed by atoms with Gasteiger partial charge in [-0.25, -0.2) is 9.07 Å². The van der Waals surface area contributed by atoms with E-state index in [2.05, 4.69) is 5.32 Å². The molecule has 27 heavy (non-hydrogen) atoms. The molecule has 1 saturated carbocycles. The second-order valence-corrected chi connectivity index (χ2v) is 8.52. The van der Waals surface area contributed by atoms with Gasteiger partial charge in [0.05, 0.1) is 12.3 Å². The van der Waals surface area contributed by atoms with Gasteiger partial charge in [0, 0.05) is 23.1 Å². The Morgan fingerprint density at radius 2 is 2.07 bits per heavy atom. The first-order valence-electron chi connectivity index (χ1n) is 9.66. The van der Waals surface area contributed by atoms with Crippen molar-refractivity contribution in [3.63, 3.8) is 0 Å². The zero-order chi connectivity index (χ0) is 19.3. The molecule has 1 aromatic heterocycles. The molecule has 1 N–H and O–H groups in total. The highest BCUT2D eigenvalue weighted by Gasteiger charge is 2.44. The summed E-state index contributed by atoms with van der Waals surface area (Å²) in [5.74, 6) is 0.736. The summed E-state index contributed by atoms with van der Waals surface area (Å²) in [5, 5.41) is 7.73. The van der Waals surface area contributed by atoms with E-state index >= 15 is 0 Å². The zero-order valence-corrected chi connectivity index (χ0v) is 16.3. The minimum atomic E-state index is -0.349. The zero-order valence-electron chi connectivity index (χ0n) is 16.3. The number of hydrogen-bond donors (Lipinski definition) is 1. The number of ether oxygens (including phenoxy) is 1. The molecule has 1 amide bonds. The fourth-order valence-corrected chi connectivity index (χ4v) is 4.42. The molecule has 0 saturated heterocycles. The molecule has 1 heterocycles. The molecule has 2 atom stereocenters. The Morgan fingerprint density at radius 3 is 2.78 bits per heavy atom. The Balaban J connectivity index is 1.85. The Kier molecular flexibility index (Phi) is 4.24. The van der Waals surface area contributed by atoms with Gasteiger partial charge in [-0.2, -0.15) is 5.10 Å². The number of carbonyl (C=O) groups excluding carboxylic acids is 1. The molecular formula is C21H26FN3O2. The molecule has 2 aromatic rings. The van der Waals surface area contributed by atoms with E-state index in [0.29, 0.717) is 35.6 Å². The molecule has 0 radical (unpaired) electrons. The molecule has 0 aliphatic heterocycles. The fourth-order valence-electron chi connectivity index (χ4n) is 4.42. The number of hydrogen-bond acceptors (Lipinski definition) is 3. The van der Waals surface area contributed by atoms with Crippen molar-refractivity contribution in [2.75, 3.05) is 6.61 Å². The maximum absolute atomic E-state index is 13.8. The number of rotatable bonds is 4. The third kappa shape index (κ3) is 3.11. The van der Waals surface area contributed by atoms with Crippen LogP contribution in [0.3, 0.4) is 0 Å². The summed E-state index contributed by atoms with van der Waals surface area (Å²) in [7, 11) is 0. The quantitative estimate of drug-likeness (QED) is 0.872. The molecule has 1 aromatic carbocycles. The molecule has 2 bridgehead atoms. The Labute approximate surface area is 158 Å². The van der Waals surface area contributed by atoms with Crippen molar-refractivity contribution in [1.82, 2.24) is 15.1 Å². The van der Waals surface area contributed by atoms with Crippen LogP contribution in [0.15, 0.2) is 18.2 Å². The van der Waals surface area contributed by atoms with E-state index in [0.717, 1.165) is 30.5 Å². The van der Waals surface area contributed by atoms with Crippen molar-refractivity contribution < 1.29 is 13.9 Å². The average Bonchev–Trinajstić information content (AvgIpc) is 3.26. The van der Waals surface area contributed by atoms with Crippen molar-refractivity contribution in [2.24, 2.45) is 0 Å². The van der Waals surface area contributed by atoms with Gasteiger partial charge in [-0.3, -0.25) is 4.79 Å². The van der Waals surface area contributed by atoms with Crippen LogP contribution < -0.4 is 10.1 Å². The SMILES string of the molecule is CCOc1cc(F)ccc1-n1nc(C(=O)NC(C)(C)C)c2c1C1CCC2C1. The highest BCUT2D eigenvalue weighted by molar-refractivity contribution is 5.95. The number of nitrogens with zero attached hydrogens (tertiary/aromatic N) is 2. The predicted molar refractivity (Wildman–Crippen MR) is 101 cm³/mol. The molecule has 6 heteroatoms. The monoisotopic (exact) mass is 371 g/mol. The summed E-state index contributed by atoms with van der Waals surface area (Å²) in [5.41, 5.74) is 3.02. The van der Waals surface area contributed by atoms with Crippen LogP contribution in [0.4, 0.5) is 4.39 Å². The van der Waals surface area contributed by atoms with Gasteiger partial charge in [0.15, 0.2) is 5.69 Å². The Hall–Kier alpha value is -2.37. The van der Waals surface area contributed by atoms with Crippen molar-refractivity contribution in [2.45, 2.75) is 64.3 Å². The first kappa shape index (κ1) is 18.0. The van der Waals surface area contributed by atoms with Crippen LogP contribution in [0.25, 0.3) is 5.69 Å². The van der Waals surface area contributed by atoms with E-state index in [1.165, 1.54) is 12.1 Å². The molecule has 144 valence electrons. The summed E-state index contributed by atoms with van der Waals surface area (Å²) in [6, 6.07) is 4.48. The van der Waals surface area contributed by atoms with E-state index < -0.39 is 0 Å². The second-order valence-electron chi connectivity index (χ2n) is 8.52. The standard InChI is InChI=1S/C21H26FN3O2/c1-5-27-16-11-14(22)8-9-15(16)25-19-13-7-6-12(10-13)17(19)18(24-25)20(26)23-21(2,3)4/h8-9,11-13H,5-7,10H2,1-4H3,(H,23,26). The van der Waals surface area contributed by atoms with Gasteiger partial charge < -0.3 is 10.1 Å². The third-order valence-corrected chi connectivity index (χ3v) is 5.34.